The summed E-state index contributed by atoms with van der Waals surface area (Å²) >= 11 is 7.12. The van der Waals surface area contributed by atoms with E-state index in [1.54, 1.807) is 42.5 Å². The van der Waals surface area contributed by atoms with Crippen molar-refractivity contribution in [3.05, 3.63) is 53.1 Å². The Morgan fingerprint density at radius 3 is 2.62 bits per heavy atom. The first-order chi connectivity index (χ1) is 16.2. The van der Waals surface area contributed by atoms with Crippen LogP contribution in [0, 0.1) is 0 Å². The number of aryl methyl sites for hydroxylation is 1. The van der Waals surface area contributed by atoms with Gasteiger partial charge in [-0.1, -0.05) is 37.1 Å². The van der Waals surface area contributed by atoms with Gasteiger partial charge in [0.15, 0.2) is 15.1 Å². The molecule has 2 amide bonds. The van der Waals surface area contributed by atoms with Crippen molar-refractivity contribution in [2.75, 3.05) is 24.7 Å². The standard InChI is InChI=1S/C23H28ClN3O5S2/c1-3-4-5-15-6-9-17(10-7-15)34(30,31)20-13-25-23(27-22(20)29)33-14-21(28)26-18-12-16(24)8-11-19(18)32-2/h6-12,20,23,25H,3-5,13-14H2,1-2H3,(H,26,28)(H,27,29). The topological polar surface area (TPSA) is 114 Å². The molecule has 1 heterocycles. The number of methoxy groups -OCH3 is 1. The Kier molecular flexibility index (Phi) is 9.24. The summed E-state index contributed by atoms with van der Waals surface area (Å²) in [6.45, 7) is 2.05. The third-order valence-corrected chi connectivity index (χ3v) is 8.66. The number of hydrogen-bond donors (Lipinski definition) is 3. The van der Waals surface area contributed by atoms with E-state index < -0.39 is 26.5 Å². The van der Waals surface area contributed by atoms with E-state index in [0.29, 0.717) is 16.5 Å². The Hall–Kier alpha value is -2.27. The molecule has 0 saturated carbocycles. The smallest absolute Gasteiger partial charge is 0.241 e. The minimum absolute atomic E-state index is 0.0181. The molecule has 3 N–H and O–H groups in total. The molecule has 0 aliphatic carbocycles. The highest BCUT2D eigenvalue weighted by Gasteiger charge is 2.38. The number of ether oxygens (including phenoxy) is 1. The molecule has 1 aliphatic heterocycles. The van der Waals surface area contributed by atoms with Crippen LogP contribution in [-0.2, 0) is 25.8 Å². The van der Waals surface area contributed by atoms with Crippen molar-refractivity contribution >= 4 is 50.7 Å². The number of halogens is 1. The highest BCUT2D eigenvalue weighted by molar-refractivity contribution is 8.00. The van der Waals surface area contributed by atoms with E-state index in [2.05, 4.69) is 22.9 Å². The SMILES string of the molecule is CCCCc1ccc(S(=O)(=O)C2CNC(SCC(=O)Nc3cc(Cl)ccc3OC)NC2=O)cc1. The summed E-state index contributed by atoms with van der Waals surface area (Å²) in [5.41, 5.74) is 0.910. The lowest BCUT2D eigenvalue weighted by molar-refractivity contribution is -0.122. The van der Waals surface area contributed by atoms with Gasteiger partial charge in [0.1, 0.15) is 11.2 Å². The molecule has 2 unspecified atom stereocenters. The van der Waals surface area contributed by atoms with Crippen molar-refractivity contribution < 1.29 is 22.7 Å². The average molecular weight is 526 g/mol. The predicted molar refractivity (Wildman–Crippen MR) is 135 cm³/mol. The van der Waals surface area contributed by atoms with Gasteiger partial charge in [0.05, 0.1) is 23.4 Å². The van der Waals surface area contributed by atoms with Gasteiger partial charge >= 0.3 is 0 Å². The van der Waals surface area contributed by atoms with E-state index in [1.165, 1.54) is 7.11 Å². The Morgan fingerprint density at radius 1 is 1.24 bits per heavy atom. The van der Waals surface area contributed by atoms with Crippen LogP contribution in [0.5, 0.6) is 5.75 Å². The fourth-order valence-corrected chi connectivity index (χ4v) is 5.93. The van der Waals surface area contributed by atoms with Crippen LogP contribution in [0.15, 0.2) is 47.4 Å². The summed E-state index contributed by atoms with van der Waals surface area (Å²) < 4.78 is 31.2. The number of hydrogen-bond acceptors (Lipinski definition) is 7. The van der Waals surface area contributed by atoms with E-state index in [1.807, 2.05) is 0 Å². The largest absolute Gasteiger partial charge is 0.495 e. The molecule has 2 aromatic rings. The highest BCUT2D eigenvalue weighted by Crippen LogP contribution is 2.28. The molecule has 0 bridgehead atoms. The molecule has 34 heavy (non-hydrogen) atoms. The van der Waals surface area contributed by atoms with Crippen LogP contribution < -0.4 is 20.7 Å². The molecule has 11 heteroatoms. The molecular weight excluding hydrogens is 498 g/mol. The van der Waals surface area contributed by atoms with E-state index in [-0.39, 0.29) is 23.1 Å². The number of amides is 2. The van der Waals surface area contributed by atoms with Gasteiger partial charge in [0.2, 0.25) is 11.8 Å². The molecule has 2 atom stereocenters. The Balaban J connectivity index is 1.54. The summed E-state index contributed by atoms with van der Waals surface area (Å²) in [6.07, 6.45) is 2.98. The summed E-state index contributed by atoms with van der Waals surface area (Å²) in [7, 11) is -2.36. The van der Waals surface area contributed by atoms with Crippen molar-refractivity contribution in [3.63, 3.8) is 0 Å². The van der Waals surface area contributed by atoms with Gasteiger partial charge in [0, 0.05) is 11.6 Å². The summed E-state index contributed by atoms with van der Waals surface area (Å²) in [5, 5.41) is 7.56. The number of unbranched alkanes of at least 4 members (excludes halogenated alkanes) is 1. The maximum atomic E-state index is 13.0. The maximum Gasteiger partial charge on any atom is 0.241 e. The second-order valence-electron chi connectivity index (χ2n) is 7.78. The summed E-state index contributed by atoms with van der Waals surface area (Å²) in [5.74, 6) is -0.425. The van der Waals surface area contributed by atoms with Crippen LogP contribution in [-0.4, -0.2) is 50.4 Å². The number of benzene rings is 2. The molecule has 3 rings (SSSR count). The first-order valence-corrected chi connectivity index (χ1v) is 13.8. The van der Waals surface area contributed by atoms with Crippen molar-refractivity contribution in [2.24, 2.45) is 0 Å². The minimum Gasteiger partial charge on any atom is -0.495 e. The first-order valence-electron chi connectivity index (χ1n) is 10.9. The lowest BCUT2D eigenvalue weighted by Gasteiger charge is -2.29. The molecule has 8 nitrogen and oxygen atoms in total. The normalized spacial score (nSPS) is 18.3. The van der Waals surface area contributed by atoms with Crippen molar-refractivity contribution in [2.45, 2.75) is 41.8 Å². The van der Waals surface area contributed by atoms with Crippen LogP contribution in [0.25, 0.3) is 0 Å². The van der Waals surface area contributed by atoms with Crippen LogP contribution in [0.4, 0.5) is 5.69 Å². The number of carbonyl (C=O) groups is 2. The number of thioether (sulfide) groups is 1. The quantitative estimate of drug-likeness (QED) is 0.436. The van der Waals surface area contributed by atoms with Crippen molar-refractivity contribution in [1.82, 2.24) is 10.6 Å². The number of carbonyl (C=O) groups excluding carboxylic acids is 2. The third-order valence-electron chi connectivity index (χ3n) is 5.32. The van der Waals surface area contributed by atoms with Crippen molar-refractivity contribution in [1.29, 1.82) is 0 Å². The lowest BCUT2D eigenvalue weighted by Crippen LogP contribution is -2.59. The first kappa shape index (κ1) is 26.3. The van der Waals surface area contributed by atoms with E-state index >= 15 is 0 Å². The van der Waals surface area contributed by atoms with Crippen LogP contribution >= 0.6 is 23.4 Å². The molecule has 1 fully saturated rings. The zero-order valence-electron chi connectivity index (χ0n) is 19.0. The number of sulfone groups is 1. The van der Waals surface area contributed by atoms with E-state index in [9.17, 15) is 18.0 Å². The number of rotatable bonds is 10. The van der Waals surface area contributed by atoms with Gasteiger partial charge in [-0.3, -0.25) is 14.9 Å². The summed E-state index contributed by atoms with van der Waals surface area (Å²) in [6, 6.07) is 11.6. The second kappa shape index (κ2) is 11.9. The minimum atomic E-state index is -3.85. The maximum absolute atomic E-state index is 13.0. The Labute approximate surface area is 209 Å². The summed E-state index contributed by atoms with van der Waals surface area (Å²) in [4.78, 5) is 25.1. The van der Waals surface area contributed by atoms with Crippen LogP contribution in [0.3, 0.4) is 0 Å². The van der Waals surface area contributed by atoms with Gasteiger partial charge in [-0.25, -0.2) is 8.42 Å². The van der Waals surface area contributed by atoms with Crippen LogP contribution in [0.2, 0.25) is 5.02 Å². The van der Waals surface area contributed by atoms with Crippen molar-refractivity contribution in [3.8, 4) is 5.75 Å². The molecular formula is C23H28ClN3O5S2. The Bertz CT molecular complexity index is 1130. The number of anilines is 1. The second-order valence-corrected chi connectivity index (χ2v) is 11.4. The van der Waals surface area contributed by atoms with Gasteiger partial charge in [0.25, 0.3) is 0 Å². The average Bonchev–Trinajstić information content (AvgIpc) is 2.81. The molecule has 0 spiro atoms. The van der Waals surface area contributed by atoms with Gasteiger partial charge < -0.3 is 15.4 Å². The third kappa shape index (κ3) is 6.65. The van der Waals surface area contributed by atoms with Gasteiger partial charge in [-0.05, 0) is 48.7 Å². The highest BCUT2D eigenvalue weighted by atomic mass is 35.5. The monoisotopic (exact) mass is 525 g/mol. The zero-order chi connectivity index (χ0) is 24.7. The van der Waals surface area contributed by atoms with Gasteiger partial charge in [-0.15, -0.1) is 11.8 Å². The predicted octanol–water partition coefficient (Wildman–Crippen LogP) is 3.21. The molecule has 184 valence electrons. The number of nitrogens with one attached hydrogen (secondary N) is 3. The van der Waals surface area contributed by atoms with E-state index in [0.717, 1.165) is 36.6 Å². The fourth-order valence-electron chi connectivity index (χ4n) is 3.45. The fraction of sp³-hybridized carbons (Fsp3) is 0.391. The molecule has 1 aliphatic rings. The van der Waals surface area contributed by atoms with Crippen LogP contribution in [0.1, 0.15) is 25.3 Å². The van der Waals surface area contributed by atoms with E-state index in [4.69, 9.17) is 16.3 Å². The lowest BCUT2D eigenvalue weighted by atomic mass is 10.1. The molecule has 1 saturated heterocycles. The van der Waals surface area contributed by atoms with Gasteiger partial charge in [-0.2, -0.15) is 0 Å². The zero-order valence-corrected chi connectivity index (χ0v) is 21.4. The molecule has 0 radical (unpaired) electrons. The molecule has 0 aromatic heterocycles. The Morgan fingerprint density at radius 2 is 1.97 bits per heavy atom. The molecule has 2 aromatic carbocycles.